The SMILES string of the molecule is CC(C)CNCc1nn2c(C3CCCCC3)nnc2s1. The molecule has 0 aromatic carbocycles. The average Bonchev–Trinajstić information content (AvgIpc) is 2.99. The van der Waals surface area contributed by atoms with Crippen molar-refractivity contribution in [3.8, 4) is 0 Å². The van der Waals surface area contributed by atoms with Gasteiger partial charge in [-0.15, -0.1) is 10.2 Å². The van der Waals surface area contributed by atoms with Gasteiger partial charge >= 0.3 is 0 Å². The fraction of sp³-hybridized carbons (Fsp3) is 0.786. The first-order chi connectivity index (χ1) is 9.74. The van der Waals surface area contributed by atoms with Gasteiger partial charge in [-0.2, -0.15) is 9.61 Å². The number of nitrogens with one attached hydrogen (secondary N) is 1. The van der Waals surface area contributed by atoms with Crippen molar-refractivity contribution in [2.24, 2.45) is 5.92 Å². The van der Waals surface area contributed by atoms with Crippen LogP contribution in [0.1, 0.15) is 62.7 Å². The van der Waals surface area contributed by atoms with Crippen LogP contribution in [0.3, 0.4) is 0 Å². The molecule has 2 aromatic rings. The lowest BCUT2D eigenvalue weighted by Gasteiger charge is -2.18. The van der Waals surface area contributed by atoms with Gasteiger partial charge < -0.3 is 5.32 Å². The Morgan fingerprint density at radius 2 is 2.05 bits per heavy atom. The summed E-state index contributed by atoms with van der Waals surface area (Å²) in [5.74, 6) is 2.29. The minimum Gasteiger partial charge on any atom is -0.310 e. The van der Waals surface area contributed by atoms with Crippen LogP contribution in [-0.2, 0) is 6.54 Å². The first kappa shape index (κ1) is 13.9. The molecule has 1 N–H and O–H groups in total. The highest BCUT2D eigenvalue weighted by Crippen LogP contribution is 2.32. The molecule has 1 aliphatic carbocycles. The minimum absolute atomic E-state index is 0.553. The van der Waals surface area contributed by atoms with E-state index in [1.807, 2.05) is 4.52 Å². The summed E-state index contributed by atoms with van der Waals surface area (Å²) in [4.78, 5) is 0.937. The topological polar surface area (TPSA) is 55.1 Å². The molecule has 20 heavy (non-hydrogen) atoms. The van der Waals surface area contributed by atoms with Crippen LogP contribution in [0, 0.1) is 5.92 Å². The number of fused-ring (bicyclic) bond motifs is 1. The molecule has 1 aliphatic rings. The molecule has 0 atom stereocenters. The van der Waals surface area contributed by atoms with E-state index >= 15 is 0 Å². The van der Waals surface area contributed by atoms with Gasteiger partial charge in [-0.3, -0.25) is 0 Å². The second-order valence-electron chi connectivity index (χ2n) is 6.11. The first-order valence-corrected chi connectivity index (χ1v) is 8.47. The van der Waals surface area contributed by atoms with E-state index in [1.54, 1.807) is 11.3 Å². The maximum absolute atomic E-state index is 4.69. The highest BCUT2D eigenvalue weighted by atomic mass is 32.1. The smallest absolute Gasteiger partial charge is 0.234 e. The molecule has 0 aliphatic heterocycles. The van der Waals surface area contributed by atoms with Crippen LogP contribution in [0.2, 0.25) is 0 Å². The molecule has 5 nitrogen and oxygen atoms in total. The summed E-state index contributed by atoms with van der Waals surface area (Å²) in [5, 5.41) is 17.9. The van der Waals surface area contributed by atoms with E-state index in [-0.39, 0.29) is 0 Å². The van der Waals surface area contributed by atoms with Crippen molar-refractivity contribution >= 4 is 16.3 Å². The summed E-state index contributed by atoms with van der Waals surface area (Å²) < 4.78 is 1.98. The molecule has 0 amide bonds. The Bertz CT molecular complexity index is 553. The Hall–Kier alpha value is -1.01. The Kier molecular flexibility index (Phi) is 4.31. The monoisotopic (exact) mass is 293 g/mol. The third-order valence-electron chi connectivity index (χ3n) is 3.86. The summed E-state index contributed by atoms with van der Waals surface area (Å²) in [6.07, 6.45) is 6.46. The van der Waals surface area contributed by atoms with Crippen LogP contribution in [-0.4, -0.2) is 26.4 Å². The van der Waals surface area contributed by atoms with Crippen molar-refractivity contribution < 1.29 is 0 Å². The minimum atomic E-state index is 0.553. The van der Waals surface area contributed by atoms with Gasteiger partial charge in [0, 0.05) is 12.5 Å². The normalized spacial score (nSPS) is 17.4. The number of rotatable bonds is 5. The van der Waals surface area contributed by atoms with Gasteiger partial charge in [0.25, 0.3) is 0 Å². The number of hydrogen-bond donors (Lipinski definition) is 1. The van der Waals surface area contributed by atoms with Crippen molar-refractivity contribution in [2.45, 2.75) is 58.4 Å². The van der Waals surface area contributed by atoms with Gasteiger partial charge in [-0.05, 0) is 25.3 Å². The van der Waals surface area contributed by atoms with E-state index in [1.165, 1.54) is 32.1 Å². The molecule has 3 rings (SSSR count). The van der Waals surface area contributed by atoms with Crippen LogP contribution in [0.15, 0.2) is 0 Å². The van der Waals surface area contributed by atoms with Crippen molar-refractivity contribution in [3.63, 3.8) is 0 Å². The highest BCUT2D eigenvalue weighted by molar-refractivity contribution is 7.16. The van der Waals surface area contributed by atoms with E-state index in [2.05, 4.69) is 29.4 Å². The Labute approximate surface area is 123 Å². The molecule has 2 aromatic heterocycles. The molecule has 0 radical (unpaired) electrons. The molecule has 0 spiro atoms. The summed E-state index contributed by atoms with van der Waals surface area (Å²) in [7, 11) is 0. The molecule has 0 bridgehead atoms. The lowest BCUT2D eigenvalue weighted by atomic mass is 9.89. The standard InChI is InChI=1S/C14H23N5S/c1-10(2)8-15-9-12-18-19-13(16-17-14(19)20-12)11-6-4-3-5-7-11/h10-11,15H,3-9H2,1-2H3. The third kappa shape index (κ3) is 3.01. The third-order valence-corrected chi connectivity index (χ3v) is 4.75. The zero-order valence-corrected chi connectivity index (χ0v) is 13.1. The zero-order valence-electron chi connectivity index (χ0n) is 12.3. The maximum Gasteiger partial charge on any atom is 0.234 e. The lowest BCUT2D eigenvalue weighted by Crippen LogP contribution is -2.19. The fourth-order valence-electron chi connectivity index (χ4n) is 2.83. The predicted octanol–water partition coefficient (Wildman–Crippen LogP) is 2.98. The number of hydrogen-bond acceptors (Lipinski definition) is 5. The second-order valence-corrected chi connectivity index (χ2v) is 7.15. The molecule has 1 saturated carbocycles. The fourth-order valence-corrected chi connectivity index (χ4v) is 3.64. The van der Waals surface area contributed by atoms with E-state index in [0.717, 1.165) is 28.9 Å². The Balaban J connectivity index is 1.72. The van der Waals surface area contributed by atoms with Crippen LogP contribution < -0.4 is 5.32 Å². The van der Waals surface area contributed by atoms with Crippen molar-refractivity contribution in [3.05, 3.63) is 10.8 Å². The van der Waals surface area contributed by atoms with Gasteiger partial charge in [0.05, 0.1) is 0 Å². The number of nitrogens with zero attached hydrogens (tertiary/aromatic N) is 4. The van der Waals surface area contributed by atoms with Crippen LogP contribution in [0.25, 0.3) is 4.96 Å². The maximum atomic E-state index is 4.69. The second kappa shape index (κ2) is 6.18. The van der Waals surface area contributed by atoms with Crippen LogP contribution >= 0.6 is 11.3 Å². The molecule has 0 saturated heterocycles. The molecular weight excluding hydrogens is 270 g/mol. The summed E-state index contributed by atoms with van der Waals surface area (Å²) in [6, 6.07) is 0. The van der Waals surface area contributed by atoms with E-state index in [9.17, 15) is 0 Å². The Morgan fingerprint density at radius 3 is 2.80 bits per heavy atom. The predicted molar refractivity (Wildman–Crippen MR) is 81.0 cm³/mol. The number of aromatic nitrogens is 4. The largest absolute Gasteiger partial charge is 0.310 e. The van der Waals surface area contributed by atoms with Gasteiger partial charge in [-0.25, -0.2) is 0 Å². The van der Waals surface area contributed by atoms with E-state index in [4.69, 9.17) is 5.10 Å². The van der Waals surface area contributed by atoms with Gasteiger partial charge in [0.2, 0.25) is 4.96 Å². The van der Waals surface area contributed by atoms with Crippen molar-refractivity contribution in [2.75, 3.05) is 6.54 Å². The highest BCUT2D eigenvalue weighted by Gasteiger charge is 2.22. The van der Waals surface area contributed by atoms with Gasteiger partial charge in [0.15, 0.2) is 5.82 Å². The molecule has 1 fully saturated rings. The summed E-state index contributed by atoms with van der Waals surface area (Å²) in [6.45, 7) is 6.28. The summed E-state index contributed by atoms with van der Waals surface area (Å²) >= 11 is 1.65. The van der Waals surface area contributed by atoms with Crippen LogP contribution in [0.5, 0.6) is 0 Å². The molecule has 6 heteroatoms. The Morgan fingerprint density at radius 1 is 1.25 bits per heavy atom. The van der Waals surface area contributed by atoms with E-state index in [0.29, 0.717) is 11.8 Å². The van der Waals surface area contributed by atoms with Crippen molar-refractivity contribution in [1.82, 2.24) is 25.1 Å². The molecular formula is C14H23N5S. The molecule has 2 heterocycles. The van der Waals surface area contributed by atoms with E-state index < -0.39 is 0 Å². The lowest BCUT2D eigenvalue weighted by molar-refractivity contribution is 0.422. The molecule has 0 unspecified atom stereocenters. The summed E-state index contributed by atoms with van der Waals surface area (Å²) in [5.41, 5.74) is 0. The first-order valence-electron chi connectivity index (χ1n) is 7.66. The molecule has 110 valence electrons. The van der Waals surface area contributed by atoms with Gasteiger partial charge in [-0.1, -0.05) is 44.4 Å². The van der Waals surface area contributed by atoms with Crippen LogP contribution in [0.4, 0.5) is 0 Å². The average molecular weight is 293 g/mol. The van der Waals surface area contributed by atoms with Crippen molar-refractivity contribution in [1.29, 1.82) is 0 Å². The quantitative estimate of drug-likeness (QED) is 0.921. The van der Waals surface area contributed by atoms with Gasteiger partial charge in [0.1, 0.15) is 5.01 Å². The zero-order chi connectivity index (χ0) is 13.9.